The van der Waals surface area contributed by atoms with E-state index >= 15 is 0 Å². The second-order valence-corrected chi connectivity index (χ2v) is 5.43. The molecule has 0 amide bonds. The number of carboxylic acids is 1. The van der Waals surface area contributed by atoms with E-state index in [1.54, 1.807) is 25.1 Å². The number of carbonyl (C=O) groups is 2. The Morgan fingerprint density at radius 2 is 1.96 bits per heavy atom. The van der Waals surface area contributed by atoms with Crippen molar-refractivity contribution in [3.63, 3.8) is 0 Å². The maximum atomic E-state index is 12.3. The Bertz CT molecular complexity index is 654. The van der Waals surface area contributed by atoms with Gasteiger partial charge in [-0.2, -0.15) is 0 Å². The van der Waals surface area contributed by atoms with Crippen LogP contribution in [0, 0.1) is 22.0 Å². The Morgan fingerprint density at radius 3 is 2.57 bits per heavy atom. The minimum Gasteiger partial charge on any atom is -0.481 e. The van der Waals surface area contributed by atoms with E-state index < -0.39 is 34.8 Å². The van der Waals surface area contributed by atoms with Gasteiger partial charge in [-0.3, -0.25) is 19.7 Å². The first kappa shape index (κ1) is 16.7. The van der Waals surface area contributed by atoms with Crippen LogP contribution >= 0.6 is 0 Å². The lowest BCUT2D eigenvalue weighted by Crippen LogP contribution is -2.32. The molecule has 0 heterocycles. The van der Waals surface area contributed by atoms with Gasteiger partial charge in [0.15, 0.2) is 0 Å². The molecule has 0 radical (unpaired) electrons. The lowest BCUT2D eigenvalue weighted by Gasteiger charge is -2.25. The van der Waals surface area contributed by atoms with Crippen LogP contribution in [0.3, 0.4) is 0 Å². The zero-order valence-electron chi connectivity index (χ0n) is 12.5. The number of rotatable bonds is 5. The van der Waals surface area contributed by atoms with E-state index in [1.165, 1.54) is 18.2 Å². The van der Waals surface area contributed by atoms with Gasteiger partial charge < -0.3 is 9.84 Å². The highest BCUT2D eigenvalue weighted by atomic mass is 16.6. The molecule has 0 bridgehead atoms. The molecule has 3 atom stereocenters. The topological polar surface area (TPSA) is 107 Å². The summed E-state index contributed by atoms with van der Waals surface area (Å²) in [5.74, 6) is -3.16. The number of ether oxygens (including phenoxy) is 1. The highest BCUT2D eigenvalue weighted by molar-refractivity contribution is 5.82. The second kappa shape index (κ2) is 7.04. The lowest BCUT2D eigenvalue weighted by molar-refractivity contribution is -0.385. The Labute approximate surface area is 132 Å². The number of benzene rings is 1. The largest absolute Gasteiger partial charge is 0.481 e. The van der Waals surface area contributed by atoms with Gasteiger partial charge in [-0.1, -0.05) is 24.3 Å². The fraction of sp³-hybridized carbons (Fsp3) is 0.375. The molecule has 0 spiro atoms. The molecule has 0 fully saturated rings. The number of nitro benzene ring substituents is 1. The van der Waals surface area contributed by atoms with Crippen molar-refractivity contribution in [3.05, 3.63) is 52.1 Å². The molecular formula is C16H17NO6. The van der Waals surface area contributed by atoms with Crippen LogP contribution in [-0.4, -0.2) is 22.0 Å². The predicted octanol–water partition coefficient (Wildman–Crippen LogP) is 2.87. The predicted molar refractivity (Wildman–Crippen MR) is 80.6 cm³/mol. The zero-order valence-corrected chi connectivity index (χ0v) is 12.5. The first-order valence-corrected chi connectivity index (χ1v) is 7.22. The van der Waals surface area contributed by atoms with Gasteiger partial charge in [0, 0.05) is 12.1 Å². The number of hydrogen-bond acceptors (Lipinski definition) is 5. The highest BCUT2D eigenvalue weighted by Gasteiger charge is 2.35. The molecule has 0 aromatic heterocycles. The molecule has 1 aliphatic carbocycles. The average Bonchev–Trinajstić information content (AvgIpc) is 2.54. The van der Waals surface area contributed by atoms with Crippen molar-refractivity contribution >= 4 is 17.6 Å². The normalized spacial score (nSPS) is 21.4. The summed E-state index contributed by atoms with van der Waals surface area (Å²) < 4.78 is 5.33. The number of nitro groups is 1. The molecule has 0 aliphatic heterocycles. The summed E-state index contributed by atoms with van der Waals surface area (Å²) in [6.07, 6.45) is 3.43. The van der Waals surface area contributed by atoms with Crippen molar-refractivity contribution in [2.24, 2.45) is 11.8 Å². The van der Waals surface area contributed by atoms with Gasteiger partial charge in [0.1, 0.15) is 6.10 Å². The molecule has 122 valence electrons. The van der Waals surface area contributed by atoms with Crippen molar-refractivity contribution < 1.29 is 24.4 Å². The zero-order chi connectivity index (χ0) is 17.0. The molecule has 7 nitrogen and oxygen atoms in total. The fourth-order valence-corrected chi connectivity index (χ4v) is 2.57. The van der Waals surface area contributed by atoms with Crippen molar-refractivity contribution in [2.45, 2.75) is 25.9 Å². The number of nitrogens with zero attached hydrogens (tertiary/aromatic N) is 1. The maximum Gasteiger partial charge on any atom is 0.310 e. The van der Waals surface area contributed by atoms with Crippen LogP contribution in [0.1, 0.15) is 31.4 Å². The lowest BCUT2D eigenvalue weighted by atomic mass is 9.83. The summed E-state index contributed by atoms with van der Waals surface area (Å²) in [7, 11) is 0. The van der Waals surface area contributed by atoms with Gasteiger partial charge in [0.25, 0.3) is 5.69 Å². The average molecular weight is 319 g/mol. The Morgan fingerprint density at radius 1 is 1.30 bits per heavy atom. The van der Waals surface area contributed by atoms with Crippen molar-refractivity contribution in [3.8, 4) is 0 Å². The third-order valence-electron chi connectivity index (χ3n) is 3.90. The van der Waals surface area contributed by atoms with Crippen LogP contribution in [0.2, 0.25) is 0 Å². The van der Waals surface area contributed by atoms with Crippen molar-refractivity contribution in [2.75, 3.05) is 0 Å². The van der Waals surface area contributed by atoms with Gasteiger partial charge in [-0.15, -0.1) is 0 Å². The van der Waals surface area contributed by atoms with E-state index in [0.29, 0.717) is 18.4 Å². The minimum atomic E-state index is -1.03. The quantitative estimate of drug-likeness (QED) is 0.387. The van der Waals surface area contributed by atoms with Crippen LogP contribution in [0.15, 0.2) is 36.4 Å². The molecule has 1 N–H and O–H groups in total. The van der Waals surface area contributed by atoms with Gasteiger partial charge >= 0.3 is 11.9 Å². The standard InChI is InChI=1S/C16H17NO6/c1-10(11-5-4-6-12(9-11)17(21)22)23-16(20)14-8-3-2-7-13(14)15(18)19/h2-6,9-10,13-14H,7-8H2,1H3,(H,18,19)/t10-,13-,14-/m0/s1. The summed E-state index contributed by atoms with van der Waals surface area (Å²) >= 11 is 0. The van der Waals surface area contributed by atoms with E-state index in [-0.39, 0.29) is 5.69 Å². The van der Waals surface area contributed by atoms with Crippen LogP contribution in [-0.2, 0) is 14.3 Å². The van der Waals surface area contributed by atoms with E-state index in [1.807, 2.05) is 0 Å². The first-order valence-electron chi connectivity index (χ1n) is 7.22. The number of non-ortho nitro benzene ring substituents is 1. The minimum absolute atomic E-state index is 0.0885. The van der Waals surface area contributed by atoms with E-state index in [9.17, 15) is 24.8 Å². The monoisotopic (exact) mass is 319 g/mol. The van der Waals surface area contributed by atoms with Crippen LogP contribution in [0.5, 0.6) is 0 Å². The molecule has 0 saturated heterocycles. The summed E-state index contributed by atoms with van der Waals surface area (Å²) in [5, 5.41) is 20.0. The van der Waals surface area contributed by atoms with Crippen molar-refractivity contribution in [1.82, 2.24) is 0 Å². The number of carboxylic acid groups (broad SMARTS) is 1. The molecule has 7 heteroatoms. The maximum absolute atomic E-state index is 12.3. The summed E-state index contributed by atoms with van der Waals surface area (Å²) in [4.78, 5) is 33.8. The number of carbonyl (C=O) groups excluding carboxylic acids is 1. The molecule has 1 aromatic rings. The number of hydrogen-bond donors (Lipinski definition) is 1. The first-order chi connectivity index (χ1) is 10.9. The van der Waals surface area contributed by atoms with E-state index in [4.69, 9.17) is 4.74 Å². The smallest absolute Gasteiger partial charge is 0.310 e. The Balaban J connectivity index is 2.10. The van der Waals surface area contributed by atoms with E-state index in [2.05, 4.69) is 0 Å². The van der Waals surface area contributed by atoms with Gasteiger partial charge in [-0.25, -0.2) is 0 Å². The Kier molecular flexibility index (Phi) is 5.10. The molecule has 1 aliphatic rings. The van der Waals surface area contributed by atoms with E-state index in [0.717, 1.165) is 0 Å². The molecule has 1 aromatic carbocycles. The molecule has 0 unspecified atom stereocenters. The summed E-state index contributed by atoms with van der Waals surface area (Å²) in [6.45, 7) is 1.60. The van der Waals surface area contributed by atoms with Crippen molar-refractivity contribution in [1.29, 1.82) is 0 Å². The highest BCUT2D eigenvalue weighted by Crippen LogP contribution is 2.30. The molecule has 2 rings (SSSR count). The molecular weight excluding hydrogens is 302 g/mol. The number of esters is 1. The number of allylic oxidation sites excluding steroid dienone is 2. The summed E-state index contributed by atoms with van der Waals surface area (Å²) in [5.41, 5.74) is 0.403. The summed E-state index contributed by atoms with van der Waals surface area (Å²) in [6, 6.07) is 5.83. The third-order valence-corrected chi connectivity index (χ3v) is 3.90. The SMILES string of the molecule is C[C@H](OC(=O)[C@H]1CC=CC[C@@H]1C(=O)O)c1cccc([N+](=O)[O-])c1. The van der Waals surface area contributed by atoms with Gasteiger partial charge in [-0.05, 0) is 25.3 Å². The second-order valence-electron chi connectivity index (χ2n) is 5.43. The Hall–Kier alpha value is -2.70. The fourth-order valence-electron chi connectivity index (χ4n) is 2.57. The van der Waals surface area contributed by atoms with Crippen LogP contribution < -0.4 is 0 Å². The van der Waals surface area contributed by atoms with Crippen LogP contribution in [0.4, 0.5) is 5.69 Å². The van der Waals surface area contributed by atoms with Gasteiger partial charge in [0.05, 0.1) is 16.8 Å². The molecule has 0 saturated carbocycles. The third kappa shape index (κ3) is 3.94. The molecule has 23 heavy (non-hydrogen) atoms. The van der Waals surface area contributed by atoms with Crippen LogP contribution in [0.25, 0.3) is 0 Å². The van der Waals surface area contributed by atoms with Gasteiger partial charge in [0.2, 0.25) is 0 Å². The number of aliphatic carboxylic acids is 1.